The number of aliphatic hydroxyl groups is 1. The summed E-state index contributed by atoms with van der Waals surface area (Å²) < 4.78 is 5.55. The van der Waals surface area contributed by atoms with E-state index < -0.39 is 5.60 Å². The van der Waals surface area contributed by atoms with Gasteiger partial charge in [0.1, 0.15) is 0 Å². The summed E-state index contributed by atoms with van der Waals surface area (Å²) in [7, 11) is 0. The minimum absolute atomic E-state index is 0. The molecule has 29 heavy (non-hydrogen) atoms. The van der Waals surface area contributed by atoms with Crippen molar-refractivity contribution in [2.45, 2.75) is 51.0 Å². The van der Waals surface area contributed by atoms with E-state index in [0.717, 1.165) is 64.1 Å². The van der Waals surface area contributed by atoms with Gasteiger partial charge in [0.25, 0.3) is 0 Å². The van der Waals surface area contributed by atoms with Crippen molar-refractivity contribution in [3.8, 4) is 0 Å². The molecular formula is C25H36ClNO2. The molecule has 2 aromatic carbocycles. The van der Waals surface area contributed by atoms with Crippen LogP contribution in [0.4, 0.5) is 0 Å². The number of halogens is 1. The van der Waals surface area contributed by atoms with E-state index in [0.29, 0.717) is 0 Å². The number of nitrogens with zero attached hydrogens (tertiary/aromatic N) is 1. The van der Waals surface area contributed by atoms with Crippen molar-refractivity contribution >= 4 is 12.4 Å². The van der Waals surface area contributed by atoms with E-state index in [1.165, 1.54) is 11.1 Å². The minimum atomic E-state index is -0.872. The second-order valence-corrected chi connectivity index (χ2v) is 8.12. The van der Waals surface area contributed by atoms with Gasteiger partial charge in [-0.1, -0.05) is 86.3 Å². The number of aryl methyl sites for hydroxylation is 1. The van der Waals surface area contributed by atoms with E-state index in [1.54, 1.807) is 0 Å². The molecule has 160 valence electrons. The number of hydrogen-bond acceptors (Lipinski definition) is 3. The maximum atomic E-state index is 12.2. The number of unbranched alkanes of at least 4 members (excludes halogenated alkanes) is 2. The van der Waals surface area contributed by atoms with Crippen molar-refractivity contribution < 1.29 is 9.84 Å². The van der Waals surface area contributed by atoms with Gasteiger partial charge in [-0.15, -0.1) is 12.4 Å². The topological polar surface area (TPSA) is 32.7 Å². The Morgan fingerprint density at radius 1 is 1.00 bits per heavy atom. The Morgan fingerprint density at radius 3 is 2.28 bits per heavy atom. The van der Waals surface area contributed by atoms with Crippen LogP contribution < -0.4 is 0 Å². The summed E-state index contributed by atoms with van der Waals surface area (Å²) in [6.45, 7) is 8.59. The van der Waals surface area contributed by atoms with Crippen LogP contribution in [0, 0.1) is 6.92 Å². The quantitative estimate of drug-likeness (QED) is 0.562. The molecule has 2 atom stereocenters. The van der Waals surface area contributed by atoms with Crippen LogP contribution >= 0.6 is 12.4 Å². The van der Waals surface area contributed by atoms with E-state index in [-0.39, 0.29) is 18.3 Å². The van der Waals surface area contributed by atoms with Crippen molar-refractivity contribution in [2.24, 2.45) is 0 Å². The lowest BCUT2D eigenvalue weighted by molar-refractivity contribution is -0.0295. The number of hydrogen-bond donors (Lipinski definition) is 1. The van der Waals surface area contributed by atoms with Crippen LogP contribution in [0.3, 0.4) is 0 Å². The molecule has 1 fully saturated rings. The average Bonchev–Trinajstić information content (AvgIpc) is 2.74. The Hall–Kier alpha value is -1.39. The molecule has 2 aromatic rings. The fraction of sp³-hybridized carbons (Fsp3) is 0.520. The van der Waals surface area contributed by atoms with Gasteiger partial charge < -0.3 is 9.84 Å². The summed E-state index contributed by atoms with van der Waals surface area (Å²) >= 11 is 0. The number of morpholine rings is 1. The van der Waals surface area contributed by atoms with Gasteiger partial charge in [0.15, 0.2) is 0 Å². The van der Waals surface area contributed by atoms with Crippen LogP contribution in [-0.4, -0.2) is 42.9 Å². The van der Waals surface area contributed by atoms with Gasteiger partial charge in [0.05, 0.1) is 18.8 Å². The molecule has 0 aliphatic carbocycles. The normalized spacial score (nSPS) is 17.9. The fourth-order valence-electron chi connectivity index (χ4n) is 4.27. The molecule has 0 spiro atoms. The van der Waals surface area contributed by atoms with Crippen molar-refractivity contribution in [3.05, 3.63) is 71.3 Å². The summed E-state index contributed by atoms with van der Waals surface area (Å²) in [6.07, 6.45) is 4.12. The molecule has 1 aliphatic heterocycles. The average molecular weight is 418 g/mol. The molecule has 4 heteroatoms. The zero-order chi connectivity index (χ0) is 19.8. The Morgan fingerprint density at radius 2 is 1.66 bits per heavy atom. The van der Waals surface area contributed by atoms with Crippen molar-refractivity contribution in [1.82, 2.24) is 4.90 Å². The van der Waals surface area contributed by atoms with Crippen LogP contribution in [0.1, 0.15) is 55.2 Å². The highest BCUT2D eigenvalue weighted by Gasteiger charge is 2.40. The Labute approximate surface area is 182 Å². The molecule has 2 unspecified atom stereocenters. The van der Waals surface area contributed by atoms with E-state index in [4.69, 9.17) is 4.74 Å². The van der Waals surface area contributed by atoms with Gasteiger partial charge >= 0.3 is 0 Å². The summed E-state index contributed by atoms with van der Waals surface area (Å²) in [5.74, 6) is 0.0337. The maximum Gasteiger partial charge on any atom is 0.0977 e. The third-order valence-corrected chi connectivity index (χ3v) is 6.04. The first-order chi connectivity index (χ1) is 13.6. The Bertz CT molecular complexity index is 701. The maximum absolute atomic E-state index is 12.2. The summed E-state index contributed by atoms with van der Waals surface area (Å²) in [6, 6.07) is 19.1. The van der Waals surface area contributed by atoms with E-state index in [1.807, 2.05) is 0 Å². The molecular weight excluding hydrogens is 382 g/mol. The highest BCUT2D eigenvalue weighted by atomic mass is 35.5. The van der Waals surface area contributed by atoms with E-state index in [2.05, 4.69) is 73.3 Å². The molecule has 3 nitrogen and oxygen atoms in total. The second kappa shape index (κ2) is 11.7. The summed E-state index contributed by atoms with van der Waals surface area (Å²) in [4.78, 5) is 2.44. The summed E-state index contributed by atoms with van der Waals surface area (Å²) in [5.41, 5.74) is 2.61. The van der Waals surface area contributed by atoms with Gasteiger partial charge in [0.2, 0.25) is 0 Å². The largest absolute Gasteiger partial charge is 0.384 e. The predicted molar refractivity (Wildman–Crippen MR) is 123 cm³/mol. The molecule has 0 bridgehead atoms. The lowest BCUT2D eigenvalue weighted by Crippen LogP contribution is -2.45. The Kier molecular flexibility index (Phi) is 9.64. The molecule has 0 amide bonds. The van der Waals surface area contributed by atoms with Crippen molar-refractivity contribution in [2.75, 3.05) is 32.8 Å². The number of ether oxygens (including phenoxy) is 1. The molecule has 0 radical (unpaired) electrons. The number of rotatable bonds is 9. The van der Waals surface area contributed by atoms with Crippen LogP contribution in [-0.2, 0) is 10.3 Å². The Balaban J connectivity index is 0.00000300. The van der Waals surface area contributed by atoms with Gasteiger partial charge in [-0.05, 0) is 24.5 Å². The molecule has 1 N–H and O–H groups in total. The SMILES string of the molecule is CCCCCC(O)(c1ccc(C)cc1)C(CN1CCOCC1)c1ccccc1.Cl. The first kappa shape index (κ1) is 23.9. The second-order valence-electron chi connectivity index (χ2n) is 8.12. The van der Waals surface area contributed by atoms with E-state index in [9.17, 15) is 5.11 Å². The monoisotopic (exact) mass is 417 g/mol. The summed E-state index contributed by atoms with van der Waals surface area (Å²) in [5, 5.41) is 12.2. The predicted octanol–water partition coefficient (Wildman–Crippen LogP) is 5.30. The van der Waals surface area contributed by atoms with Crippen LogP contribution in [0.15, 0.2) is 54.6 Å². The molecule has 1 aliphatic rings. The fourth-order valence-corrected chi connectivity index (χ4v) is 4.27. The standard InChI is InChI=1S/C25H35NO2.ClH/c1-3-4-8-15-25(27,23-13-11-21(2)12-14-23)24(22-9-6-5-7-10-22)20-26-16-18-28-19-17-26;/h5-7,9-14,24,27H,3-4,8,15-20H2,1-2H3;1H. The van der Waals surface area contributed by atoms with Gasteiger partial charge in [-0.2, -0.15) is 0 Å². The molecule has 1 saturated heterocycles. The minimum Gasteiger partial charge on any atom is -0.384 e. The molecule has 1 heterocycles. The third-order valence-electron chi connectivity index (χ3n) is 6.04. The van der Waals surface area contributed by atoms with Gasteiger partial charge in [0, 0.05) is 25.6 Å². The highest BCUT2D eigenvalue weighted by molar-refractivity contribution is 5.85. The molecule has 3 rings (SSSR count). The molecule has 0 saturated carbocycles. The van der Waals surface area contributed by atoms with Crippen LogP contribution in [0.25, 0.3) is 0 Å². The first-order valence-corrected chi connectivity index (χ1v) is 10.8. The van der Waals surface area contributed by atoms with Crippen LogP contribution in [0.2, 0.25) is 0 Å². The van der Waals surface area contributed by atoms with Crippen molar-refractivity contribution in [1.29, 1.82) is 0 Å². The smallest absolute Gasteiger partial charge is 0.0977 e. The zero-order valence-electron chi connectivity index (χ0n) is 17.8. The number of benzene rings is 2. The van der Waals surface area contributed by atoms with Gasteiger partial charge in [-0.25, -0.2) is 0 Å². The van der Waals surface area contributed by atoms with Gasteiger partial charge in [-0.3, -0.25) is 4.90 Å². The lowest BCUT2D eigenvalue weighted by Gasteiger charge is -2.41. The highest BCUT2D eigenvalue weighted by Crippen LogP contribution is 2.42. The van der Waals surface area contributed by atoms with E-state index >= 15 is 0 Å². The van der Waals surface area contributed by atoms with Crippen LogP contribution in [0.5, 0.6) is 0 Å². The lowest BCUT2D eigenvalue weighted by atomic mass is 9.73. The molecule has 0 aromatic heterocycles. The zero-order valence-corrected chi connectivity index (χ0v) is 18.7. The third kappa shape index (κ3) is 6.29. The first-order valence-electron chi connectivity index (χ1n) is 10.8. The van der Waals surface area contributed by atoms with Crippen molar-refractivity contribution in [3.63, 3.8) is 0 Å².